The Bertz CT molecular complexity index is 1090. The molecule has 0 saturated heterocycles. The van der Waals surface area contributed by atoms with Crippen LogP contribution in [0, 0.1) is 0 Å². The summed E-state index contributed by atoms with van der Waals surface area (Å²) in [6.07, 6.45) is 0. The molecular weight excluding hydrogens is 290 g/mol. The third-order valence-corrected chi connectivity index (χ3v) is 6.08. The molecule has 0 fully saturated rings. The summed E-state index contributed by atoms with van der Waals surface area (Å²) in [5.41, 5.74) is 0. The van der Waals surface area contributed by atoms with Crippen LogP contribution in [0.25, 0.3) is 42.6 Å². The molecule has 0 bridgehead atoms. The number of halogens is 1. The molecule has 0 aliphatic rings. The van der Waals surface area contributed by atoms with Gasteiger partial charge in [0.25, 0.3) is 0 Å². The van der Waals surface area contributed by atoms with E-state index >= 15 is 4.20 Å². The highest BCUT2D eigenvalue weighted by atomic mass is 31.1. The molecule has 1 heterocycles. The Morgan fingerprint density at radius 3 is 1.50 bits per heavy atom. The average Bonchev–Trinajstić information content (AvgIpc) is 2.88. The predicted molar refractivity (Wildman–Crippen MR) is 95.7 cm³/mol. The van der Waals surface area contributed by atoms with Crippen LogP contribution >= 0.6 is 7.84 Å². The first-order valence-electron chi connectivity index (χ1n) is 7.34. The molecule has 5 rings (SSSR count). The van der Waals surface area contributed by atoms with Gasteiger partial charge in [-0.05, 0) is 33.7 Å². The highest BCUT2D eigenvalue weighted by molar-refractivity contribution is 7.56. The summed E-state index contributed by atoms with van der Waals surface area (Å²) >= 11 is 0. The minimum Gasteiger partial charge on any atom is -0.190 e. The summed E-state index contributed by atoms with van der Waals surface area (Å²) in [4.78, 5) is 0. The first kappa shape index (κ1) is 12.2. The molecule has 0 nitrogen and oxygen atoms in total. The maximum atomic E-state index is 15.0. The molecule has 0 aliphatic heterocycles. The quantitative estimate of drug-likeness (QED) is 0.288. The van der Waals surface area contributed by atoms with E-state index in [1.165, 1.54) is 10.8 Å². The van der Waals surface area contributed by atoms with Crippen LogP contribution in [0.4, 0.5) is 4.20 Å². The fraction of sp³-hybridized carbons (Fsp3) is 0. The third-order valence-electron chi connectivity index (χ3n) is 4.49. The standard InChI is InChI=1S/C20H12FP/c21-22-17-11-9-13-5-1-3-7-15(13)19(17)20-16-8-4-2-6-14(16)10-12-18(20)22/h1-12H. The Balaban J connectivity index is 2.21. The van der Waals surface area contributed by atoms with Gasteiger partial charge in [0.2, 0.25) is 0 Å². The van der Waals surface area contributed by atoms with Crippen LogP contribution in [0.15, 0.2) is 72.8 Å². The number of fused-ring (bicyclic) bond motifs is 7. The Kier molecular flexibility index (Phi) is 2.39. The average molecular weight is 302 g/mol. The minimum atomic E-state index is -1.74. The predicted octanol–water partition coefficient (Wildman–Crippen LogP) is 7.02. The number of benzene rings is 4. The molecule has 4 aromatic carbocycles. The van der Waals surface area contributed by atoms with Gasteiger partial charge >= 0.3 is 0 Å². The zero-order valence-corrected chi connectivity index (χ0v) is 12.6. The number of hydrogen-bond donors (Lipinski definition) is 0. The second kappa shape index (κ2) is 4.32. The van der Waals surface area contributed by atoms with Gasteiger partial charge in [-0.2, -0.15) is 4.20 Å². The number of rotatable bonds is 0. The van der Waals surface area contributed by atoms with E-state index in [1.54, 1.807) is 0 Å². The lowest BCUT2D eigenvalue weighted by Gasteiger charge is -2.03. The maximum Gasteiger partial charge on any atom is 0.0770 e. The molecule has 1 aromatic heterocycles. The van der Waals surface area contributed by atoms with Crippen LogP contribution in [-0.2, 0) is 0 Å². The van der Waals surface area contributed by atoms with Crippen molar-refractivity contribution < 1.29 is 4.20 Å². The Labute approximate surface area is 128 Å². The molecule has 0 N–H and O–H groups in total. The molecule has 0 atom stereocenters. The van der Waals surface area contributed by atoms with Gasteiger partial charge < -0.3 is 0 Å². The Hall–Kier alpha value is -2.37. The number of hydrogen-bond acceptors (Lipinski definition) is 0. The van der Waals surface area contributed by atoms with E-state index in [0.29, 0.717) is 0 Å². The van der Waals surface area contributed by atoms with E-state index in [0.717, 1.165) is 31.8 Å². The molecule has 5 aromatic rings. The molecule has 0 unspecified atom stereocenters. The Morgan fingerprint density at radius 2 is 1.00 bits per heavy atom. The van der Waals surface area contributed by atoms with Gasteiger partial charge in [0.1, 0.15) is 0 Å². The topological polar surface area (TPSA) is 0 Å². The SMILES string of the molecule is Fp1c2ccc3ccccc3c2c2c3ccccc3ccc21. The van der Waals surface area contributed by atoms with Gasteiger partial charge in [-0.1, -0.05) is 60.7 Å². The maximum absolute atomic E-state index is 15.0. The van der Waals surface area contributed by atoms with E-state index in [2.05, 4.69) is 24.3 Å². The van der Waals surface area contributed by atoms with Crippen molar-refractivity contribution in [2.24, 2.45) is 0 Å². The molecule has 0 radical (unpaired) electrons. The van der Waals surface area contributed by atoms with E-state index in [-0.39, 0.29) is 0 Å². The third kappa shape index (κ3) is 1.47. The minimum absolute atomic E-state index is 0.861. The van der Waals surface area contributed by atoms with Crippen molar-refractivity contribution in [1.82, 2.24) is 0 Å². The van der Waals surface area contributed by atoms with E-state index in [1.807, 2.05) is 48.5 Å². The first-order valence-corrected chi connectivity index (χ1v) is 8.57. The van der Waals surface area contributed by atoms with Crippen LogP contribution < -0.4 is 0 Å². The molecule has 0 saturated carbocycles. The van der Waals surface area contributed by atoms with Crippen LogP contribution in [0.5, 0.6) is 0 Å². The molecule has 104 valence electrons. The smallest absolute Gasteiger partial charge is 0.0770 e. The first-order chi connectivity index (χ1) is 10.8. The van der Waals surface area contributed by atoms with E-state index < -0.39 is 7.84 Å². The van der Waals surface area contributed by atoms with Gasteiger partial charge in [-0.15, -0.1) is 0 Å². The molecule has 0 spiro atoms. The van der Waals surface area contributed by atoms with Crippen LogP contribution in [0.2, 0.25) is 0 Å². The van der Waals surface area contributed by atoms with Gasteiger partial charge in [0.15, 0.2) is 0 Å². The van der Waals surface area contributed by atoms with Gasteiger partial charge in [-0.25, -0.2) is 0 Å². The second-order valence-corrected chi connectivity index (χ2v) is 7.17. The summed E-state index contributed by atoms with van der Waals surface area (Å²) in [5, 5.41) is 8.56. The van der Waals surface area contributed by atoms with Crippen molar-refractivity contribution in [3.63, 3.8) is 0 Å². The van der Waals surface area contributed by atoms with Gasteiger partial charge in [0, 0.05) is 21.0 Å². The normalized spacial score (nSPS) is 11.9. The fourth-order valence-electron chi connectivity index (χ4n) is 3.50. The highest BCUT2D eigenvalue weighted by Gasteiger charge is 2.16. The monoisotopic (exact) mass is 302 g/mol. The molecule has 0 amide bonds. The summed E-state index contributed by atoms with van der Waals surface area (Å²) in [6, 6.07) is 24.6. The lowest BCUT2D eigenvalue weighted by molar-refractivity contribution is 0.928. The summed E-state index contributed by atoms with van der Waals surface area (Å²) < 4.78 is 15.0. The van der Waals surface area contributed by atoms with Crippen LogP contribution in [0.1, 0.15) is 0 Å². The van der Waals surface area contributed by atoms with Gasteiger partial charge in [0.05, 0.1) is 7.84 Å². The van der Waals surface area contributed by atoms with Crippen molar-refractivity contribution in [2.45, 2.75) is 0 Å². The van der Waals surface area contributed by atoms with Crippen molar-refractivity contribution in [3.05, 3.63) is 72.8 Å². The van der Waals surface area contributed by atoms with Crippen molar-refractivity contribution in [2.75, 3.05) is 0 Å². The largest absolute Gasteiger partial charge is 0.190 e. The summed E-state index contributed by atoms with van der Waals surface area (Å²) in [7, 11) is -1.74. The van der Waals surface area contributed by atoms with Crippen LogP contribution in [0.3, 0.4) is 0 Å². The Morgan fingerprint density at radius 1 is 0.545 bits per heavy atom. The molecule has 22 heavy (non-hydrogen) atoms. The summed E-state index contributed by atoms with van der Waals surface area (Å²) in [5.74, 6) is 0. The van der Waals surface area contributed by atoms with E-state index in [9.17, 15) is 0 Å². The van der Waals surface area contributed by atoms with E-state index in [4.69, 9.17) is 0 Å². The van der Waals surface area contributed by atoms with Gasteiger partial charge in [-0.3, -0.25) is 0 Å². The zero-order valence-electron chi connectivity index (χ0n) is 11.8. The van der Waals surface area contributed by atoms with Crippen molar-refractivity contribution in [3.8, 4) is 0 Å². The lowest BCUT2D eigenvalue weighted by Crippen LogP contribution is -1.76. The second-order valence-electron chi connectivity index (χ2n) is 5.64. The molecule has 0 aliphatic carbocycles. The summed E-state index contributed by atoms with van der Waals surface area (Å²) in [6.45, 7) is 0. The molecule has 2 heteroatoms. The van der Waals surface area contributed by atoms with Crippen LogP contribution in [-0.4, -0.2) is 0 Å². The van der Waals surface area contributed by atoms with Crippen molar-refractivity contribution >= 4 is 50.4 Å². The van der Waals surface area contributed by atoms with Crippen molar-refractivity contribution in [1.29, 1.82) is 0 Å². The zero-order chi connectivity index (χ0) is 14.7. The fourth-order valence-corrected chi connectivity index (χ4v) is 5.03. The molecular formula is C20H12FP. The highest BCUT2D eigenvalue weighted by Crippen LogP contribution is 2.53. The lowest BCUT2D eigenvalue weighted by atomic mass is 10.00.